The van der Waals surface area contributed by atoms with Crippen molar-refractivity contribution in [2.24, 2.45) is 0 Å². The first-order valence-electron chi connectivity index (χ1n) is 9.79. The molecule has 1 aromatic carbocycles. The van der Waals surface area contributed by atoms with Crippen molar-refractivity contribution in [1.82, 2.24) is 14.5 Å². The van der Waals surface area contributed by atoms with E-state index in [0.717, 1.165) is 33.7 Å². The predicted molar refractivity (Wildman–Crippen MR) is 111 cm³/mol. The highest BCUT2D eigenvalue weighted by Crippen LogP contribution is 2.35. The lowest BCUT2D eigenvalue weighted by Gasteiger charge is -2.13. The number of rotatable bonds is 7. The van der Waals surface area contributed by atoms with Gasteiger partial charge in [0.05, 0.1) is 31.8 Å². The smallest absolute Gasteiger partial charge is 0.257 e. The average Bonchev–Trinajstić information content (AvgIpc) is 3.17. The van der Waals surface area contributed by atoms with Gasteiger partial charge in [-0.25, -0.2) is 4.98 Å². The number of fused-ring (bicyclic) bond motifs is 1. The van der Waals surface area contributed by atoms with Crippen LogP contribution in [0.2, 0.25) is 0 Å². The number of nitrogens with zero attached hydrogens (tertiary/aromatic N) is 3. The van der Waals surface area contributed by atoms with E-state index >= 15 is 0 Å². The normalized spacial score (nSPS) is 12.4. The molecule has 0 saturated carbocycles. The molecule has 0 saturated heterocycles. The molecule has 0 amide bonds. The van der Waals surface area contributed by atoms with Gasteiger partial charge in [-0.05, 0) is 55.7 Å². The number of hydrogen-bond donors (Lipinski definition) is 0. The summed E-state index contributed by atoms with van der Waals surface area (Å²) in [6.45, 7) is 5.49. The van der Waals surface area contributed by atoms with Crippen LogP contribution in [0.3, 0.4) is 0 Å². The minimum atomic E-state index is -0.00553. The van der Waals surface area contributed by atoms with Gasteiger partial charge in [-0.1, -0.05) is 12.1 Å². The van der Waals surface area contributed by atoms with E-state index in [4.69, 9.17) is 9.47 Å². The fraction of sp³-hybridized carbons (Fsp3) is 0.261. The zero-order valence-corrected chi connectivity index (χ0v) is 16.6. The van der Waals surface area contributed by atoms with Crippen molar-refractivity contribution >= 4 is 5.57 Å². The highest BCUT2D eigenvalue weighted by atomic mass is 16.5. The van der Waals surface area contributed by atoms with E-state index in [0.29, 0.717) is 31.9 Å². The first-order valence-corrected chi connectivity index (χ1v) is 9.79. The van der Waals surface area contributed by atoms with Crippen molar-refractivity contribution in [2.45, 2.75) is 26.8 Å². The fourth-order valence-corrected chi connectivity index (χ4v) is 3.52. The Bertz CT molecular complexity index is 1100. The maximum absolute atomic E-state index is 13.0. The molecule has 0 aliphatic heterocycles. The van der Waals surface area contributed by atoms with Crippen molar-refractivity contribution in [3.05, 3.63) is 87.9 Å². The summed E-state index contributed by atoms with van der Waals surface area (Å²) in [4.78, 5) is 21.6. The quantitative estimate of drug-likeness (QED) is 0.619. The standard InChI is InChI=1S/C23H23N3O3/c1-3-28-20-8-5-17(13-21(20)29-4-2)18-6-7-19-22(18)25-15-26(23(19)27)14-16-9-11-24-12-10-16/h5-6,8-13,15H,3-4,7,14H2,1-2H3. The topological polar surface area (TPSA) is 66.2 Å². The van der Waals surface area contributed by atoms with E-state index in [1.165, 1.54) is 0 Å². The monoisotopic (exact) mass is 389 g/mol. The lowest BCUT2D eigenvalue weighted by Crippen LogP contribution is -2.25. The Morgan fingerprint density at radius 2 is 1.79 bits per heavy atom. The van der Waals surface area contributed by atoms with Crippen LogP contribution in [0.5, 0.6) is 11.5 Å². The second-order valence-corrected chi connectivity index (χ2v) is 6.71. The highest BCUT2D eigenvalue weighted by Gasteiger charge is 2.22. The first kappa shape index (κ1) is 18.9. The lowest BCUT2D eigenvalue weighted by molar-refractivity contribution is 0.287. The van der Waals surface area contributed by atoms with Gasteiger partial charge in [-0.2, -0.15) is 0 Å². The minimum Gasteiger partial charge on any atom is -0.490 e. The van der Waals surface area contributed by atoms with Crippen LogP contribution in [0.1, 0.15) is 36.2 Å². The number of pyridine rings is 1. The fourth-order valence-electron chi connectivity index (χ4n) is 3.52. The molecule has 6 nitrogen and oxygen atoms in total. The lowest BCUT2D eigenvalue weighted by atomic mass is 10.0. The van der Waals surface area contributed by atoms with Crippen LogP contribution < -0.4 is 15.0 Å². The van der Waals surface area contributed by atoms with E-state index in [2.05, 4.69) is 16.0 Å². The van der Waals surface area contributed by atoms with E-state index in [1.807, 2.05) is 44.2 Å². The number of aromatic nitrogens is 3. The third-order valence-corrected chi connectivity index (χ3v) is 4.85. The van der Waals surface area contributed by atoms with Crippen LogP contribution >= 0.6 is 0 Å². The summed E-state index contributed by atoms with van der Waals surface area (Å²) < 4.78 is 13.0. The van der Waals surface area contributed by atoms with Gasteiger partial charge in [0.2, 0.25) is 0 Å². The largest absolute Gasteiger partial charge is 0.490 e. The van der Waals surface area contributed by atoms with Gasteiger partial charge in [-0.15, -0.1) is 0 Å². The molecule has 6 heteroatoms. The van der Waals surface area contributed by atoms with Gasteiger partial charge >= 0.3 is 0 Å². The summed E-state index contributed by atoms with van der Waals surface area (Å²) in [5, 5.41) is 0. The molecule has 1 aliphatic carbocycles. The molecule has 0 bridgehead atoms. The maximum atomic E-state index is 13.0. The van der Waals surface area contributed by atoms with Crippen LogP contribution in [-0.4, -0.2) is 27.7 Å². The molecule has 3 aromatic rings. The van der Waals surface area contributed by atoms with Crippen LogP contribution in [0, 0.1) is 0 Å². The zero-order valence-electron chi connectivity index (χ0n) is 16.6. The molecular formula is C23H23N3O3. The molecule has 0 spiro atoms. The van der Waals surface area contributed by atoms with Gasteiger partial charge in [0, 0.05) is 23.5 Å². The molecule has 148 valence electrons. The summed E-state index contributed by atoms with van der Waals surface area (Å²) in [5.74, 6) is 1.42. The Kier molecular flexibility index (Phi) is 5.42. The maximum Gasteiger partial charge on any atom is 0.257 e. The van der Waals surface area contributed by atoms with Crippen LogP contribution in [-0.2, 0) is 13.0 Å². The van der Waals surface area contributed by atoms with Crippen molar-refractivity contribution in [2.75, 3.05) is 13.2 Å². The molecule has 0 N–H and O–H groups in total. The first-order chi connectivity index (χ1) is 14.2. The summed E-state index contributed by atoms with van der Waals surface area (Å²) in [5.41, 5.74) is 4.40. The molecule has 0 fully saturated rings. The number of allylic oxidation sites excluding steroid dienone is 1. The van der Waals surface area contributed by atoms with Crippen molar-refractivity contribution in [3.63, 3.8) is 0 Å². The average molecular weight is 389 g/mol. The summed E-state index contributed by atoms with van der Waals surface area (Å²) in [6, 6.07) is 9.66. The van der Waals surface area contributed by atoms with E-state index < -0.39 is 0 Å². The third kappa shape index (κ3) is 3.78. The van der Waals surface area contributed by atoms with Crippen molar-refractivity contribution < 1.29 is 9.47 Å². The van der Waals surface area contributed by atoms with E-state index in [-0.39, 0.29) is 5.56 Å². The minimum absolute atomic E-state index is 0.00553. The summed E-state index contributed by atoms with van der Waals surface area (Å²) in [6.07, 6.45) is 7.70. The van der Waals surface area contributed by atoms with Crippen LogP contribution in [0.15, 0.2) is 59.9 Å². The molecule has 0 unspecified atom stereocenters. The SMILES string of the molecule is CCOc1ccc(C2=CCc3c2ncn(Cc2ccncc2)c3=O)cc1OCC. The molecule has 2 heterocycles. The second kappa shape index (κ2) is 8.31. The number of benzene rings is 1. The van der Waals surface area contributed by atoms with Gasteiger partial charge < -0.3 is 9.47 Å². The second-order valence-electron chi connectivity index (χ2n) is 6.71. The zero-order chi connectivity index (χ0) is 20.2. The van der Waals surface area contributed by atoms with E-state index in [9.17, 15) is 4.79 Å². The molecule has 29 heavy (non-hydrogen) atoms. The highest BCUT2D eigenvalue weighted by molar-refractivity contribution is 5.83. The molecule has 1 aliphatic rings. The molecule has 0 radical (unpaired) electrons. The van der Waals surface area contributed by atoms with Gasteiger partial charge in [0.15, 0.2) is 11.5 Å². The Morgan fingerprint density at radius 3 is 2.55 bits per heavy atom. The van der Waals surface area contributed by atoms with Gasteiger partial charge in [0.1, 0.15) is 0 Å². The van der Waals surface area contributed by atoms with Gasteiger partial charge in [-0.3, -0.25) is 14.3 Å². The Hall–Kier alpha value is -3.41. The Labute approximate surface area is 169 Å². The predicted octanol–water partition coefficient (Wildman–Crippen LogP) is 3.47. The van der Waals surface area contributed by atoms with Gasteiger partial charge in [0.25, 0.3) is 5.56 Å². The summed E-state index contributed by atoms with van der Waals surface area (Å²) >= 11 is 0. The Morgan fingerprint density at radius 1 is 1.03 bits per heavy atom. The molecular weight excluding hydrogens is 366 g/mol. The molecule has 2 aromatic heterocycles. The van der Waals surface area contributed by atoms with Crippen LogP contribution in [0.4, 0.5) is 0 Å². The molecule has 4 rings (SSSR count). The van der Waals surface area contributed by atoms with Crippen molar-refractivity contribution in [3.8, 4) is 11.5 Å². The Balaban J connectivity index is 1.66. The number of hydrogen-bond acceptors (Lipinski definition) is 5. The molecule has 0 atom stereocenters. The van der Waals surface area contributed by atoms with Crippen LogP contribution in [0.25, 0.3) is 5.57 Å². The third-order valence-electron chi connectivity index (χ3n) is 4.85. The number of ether oxygens (including phenoxy) is 2. The van der Waals surface area contributed by atoms with E-state index in [1.54, 1.807) is 23.3 Å². The van der Waals surface area contributed by atoms with Crippen molar-refractivity contribution in [1.29, 1.82) is 0 Å². The summed E-state index contributed by atoms with van der Waals surface area (Å²) in [7, 11) is 0.